The van der Waals surface area contributed by atoms with Crippen LogP contribution in [0, 0.1) is 17.0 Å². The Bertz CT molecular complexity index is 932. The first-order chi connectivity index (χ1) is 11.8. The highest BCUT2D eigenvalue weighted by Crippen LogP contribution is 2.23. The summed E-state index contributed by atoms with van der Waals surface area (Å²) in [4.78, 5) is 39.1. The van der Waals surface area contributed by atoms with E-state index in [0.717, 1.165) is 17.4 Å². The Morgan fingerprint density at radius 2 is 2.12 bits per heavy atom. The number of nitrogens with zero attached hydrogens (tertiary/aromatic N) is 3. The van der Waals surface area contributed by atoms with Crippen LogP contribution in [0.1, 0.15) is 32.6 Å². The number of carbonyl (C=O) groups excluding carboxylic acids is 2. The Balaban J connectivity index is 2.49. The number of hydrogen-bond donors (Lipinski definition) is 0. The van der Waals surface area contributed by atoms with Crippen molar-refractivity contribution in [3.8, 4) is 0 Å². The second-order valence-electron chi connectivity index (χ2n) is 4.92. The SMILES string of the molecule is CCOC(=O)c1sc(=NC(=O)c2cc([N+](=O)[O-])ccc2Cl)n(C)c1C. The van der Waals surface area contributed by atoms with Gasteiger partial charge in [0.25, 0.3) is 11.6 Å². The maximum atomic E-state index is 12.4. The van der Waals surface area contributed by atoms with Gasteiger partial charge in [-0.2, -0.15) is 4.99 Å². The van der Waals surface area contributed by atoms with Crippen LogP contribution in [-0.4, -0.2) is 28.0 Å². The number of halogens is 1. The van der Waals surface area contributed by atoms with E-state index in [9.17, 15) is 19.7 Å². The van der Waals surface area contributed by atoms with Crippen molar-refractivity contribution in [2.24, 2.45) is 12.0 Å². The van der Waals surface area contributed by atoms with Crippen LogP contribution in [0.4, 0.5) is 5.69 Å². The zero-order valence-electron chi connectivity index (χ0n) is 13.6. The van der Waals surface area contributed by atoms with Crippen LogP contribution in [-0.2, 0) is 11.8 Å². The molecule has 1 heterocycles. The molecule has 1 aromatic carbocycles. The Morgan fingerprint density at radius 1 is 1.44 bits per heavy atom. The van der Waals surface area contributed by atoms with E-state index in [2.05, 4.69) is 4.99 Å². The van der Waals surface area contributed by atoms with E-state index < -0.39 is 16.8 Å². The number of rotatable bonds is 4. The zero-order valence-corrected chi connectivity index (χ0v) is 15.2. The Labute approximate surface area is 151 Å². The summed E-state index contributed by atoms with van der Waals surface area (Å²) in [6.45, 7) is 3.63. The molecule has 2 rings (SSSR count). The molecule has 132 valence electrons. The molecular formula is C15H14ClN3O5S. The van der Waals surface area contributed by atoms with E-state index in [-0.39, 0.29) is 27.7 Å². The number of nitro benzene ring substituents is 1. The maximum absolute atomic E-state index is 12.4. The molecule has 0 aliphatic carbocycles. The quantitative estimate of drug-likeness (QED) is 0.458. The molecule has 0 saturated heterocycles. The highest BCUT2D eigenvalue weighted by molar-refractivity contribution is 7.11. The van der Waals surface area contributed by atoms with Gasteiger partial charge in [-0.15, -0.1) is 0 Å². The van der Waals surface area contributed by atoms with E-state index in [1.165, 1.54) is 12.1 Å². The molecular weight excluding hydrogens is 370 g/mol. The summed E-state index contributed by atoms with van der Waals surface area (Å²) in [5.41, 5.74) is 0.252. The van der Waals surface area contributed by atoms with Crippen molar-refractivity contribution >= 4 is 40.5 Å². The highest BCUT2D eigenvalue weighted by atomic mass is 35.5. The summed E-state index contributed by atoms with van der Waals surface area (Å²) >= 11 is 6.95. The monoisotopic (exact) mass is 383 g/mol. The number of ether oxygens (including phenoxy) is 1. The van der Waals surface area contributed by atoms with E-state index in [0.29, 0.717) is 10.6 Å². The number of thiazole rings is 1. The molecule has 10 heteroatoms. The van der Waals surface area contributed by atoms with Gasteiger partial charge in [-0.25, -0.2) is 4.79 Å². The van der Waals surface area contributed by atoms with Gasteiger partial charge in [0.05, 0.1) is 22.1 Å². The Morgan fingerprint density at radius 3 is 2.72 bits per heavy atom. The molecule has 0 atom stereocenters. The molecule has 0 aliphatic rings. The molecule has 0 saturated carbocycles. The third kappa shape index (κ3) is 3.94. The molecule has 0 spiro atoms. The van der Waals surface area contributed by atoms with Gasteiger partial charge < -0.3 is 9.30 Å². The maximum Gasteiger partial charge on any atom is 0.350 e. The lowest BCUT2D eigenvalue weighted by Gasteiger charge is -2.00. The molecule has 25 heavy (non-hydrogen) atoms. The van der Waals surface area contributed by atoms with Gasteiger partial charge in [0.2, 0.25) is 0 Å². The molecule has 1 amide bonds. The van der Waals surface area contributed by atoms with E-state index in [1.54, 1.807) is 25.5 Å². The summed E-state index contributed by atoms with van der Waals surface area (Å²) < 4.78 is 6.53. The average Bonchev–Trinajstić information content (AvgIpc) is 2.83. The third-order valence-corrected chi connectivity index (χ3v) is 4.90. The van der Waals surface area contributed by atoms with Gasteiger partial charge in [-0.1, -0.05) is 22.9 Å². The fourth-order valence-corrected chi connectivity index (χ4v) is 3.16. The normalized spacial score (nSPS) is 11.4. The van der Waals surface area contributed by atoms with Gasteiger partial charge in [-0.3, -0.25) is 14.9 Å². The first kappa shape index (κ1) is 18.8. The molecule has 0 fully saturated rings. The van der Waals surface area contributed by atoms with Crippen LogP contribution in [0.15, 0.2) is 23.2 Å². The summed E-state index contributed by atoms with van der Waals surface area (Å²) in [6, 6.07) is 3.54. The second-order valence-corrected chi connectivity index (χ2v) is 6.30. The molecule has 8 nitrogen and oxygen atoms in total. The van der Waals surface area contributed by atoms with Crippen LogP contribution in [0.3, 0.4) is 0 Å². The number of esters is 1. The van der Waals surface area contributed by atoms with Gasteiger partial charge in [0.15, 0.2) is 4.80 Å². The molecule has 0 aliphatic heterocycles. The number of nitro groups is 1. The summed E-state index contributed by atoms with van der Waals surface area (Å²) in [5, 5.41) is 10.9. The van der Waals surface area contributed by atoms with Gasteiger partial charge in [-0.05, 0) is 19.9 Å². The van der Waals surface area contributed by atoms with Crippen molar-refractivity contribution in [2.75, 3.05) is 6.61 Å². The minimum Gasteiger partial charge on any atom is -0.462 e. The number of hydrogen-bond acceptors (Lipinski definition) is 6. The molecule has 1 aromatic heterocycles. The lowest BCUT2D eigenvalue weighted by Crippen LogP contribution is -2.15. The minimum absolute atomic E-state index is 0.0564. The van der Waals surface area contributed by atoms with Crippen LogP contribution < -0.4 is 4.80 Å². The zero-order chi connectivity index (χ0) is 18.7. The van der Waals surface area contributed by atoms with Crippen LogP contribution >= 0.6 is 22.9 Å². The van der Waals surface area contributed by atoms with Crippen molar-refractivity contribution < 1.29 is 19.2 Å². The molecule has 0 bridgehead atoms. The molecule has 0 unspecified atom stereocenters. The number of benzene rings is 1. The molecule has 0 N–H and O–H groups in total. The fourth-order valence-electron chi connectivity index (χ4n) is 1.95. The molecule has 0 radical (unpaired) electrons. The first-order valence-electron chi connectivity index (χ1n) is 7.12. The fraction of sp³-hybridized carbons (Fsp3) is 0.267. The molecule has 2 aromatic rings. The number of carbonyl (C=O) groups is 2. The van der Waals surface area contributed by atoms with Crippen molar-refractivity contribution in [1.82, 2.24) is 4.57 Å². The predicted molar refractivity (Wildman–Crippen MR) is 92.0 cm³/mol. The number of amides is 1. The predicted octanol–water partition coefficient (Wildman–Crippen LogP) is 2.87. The number of aromatic nitrogens is 1. The van der Waals surface area contributed by atoms with Crippen molar-refractivity contribution in [1.29, 1.82) is 0 Å². The summed E-state index contributed by atoms with van der Waals surface area (Å²) in [7, 11) is 1.65. The second kappa shape index (κ2) is 7.58. The lowest BCUT2D eigenvalue weighted by atomic mass is 10.2. The summed E-state index contributed by atoms with van der Waals surface area (Å²) in [6.07, 6.45) is 0. The van der Waals surface area contributed by atoms with E-state index in [4.69, 9.17) is 16.3 Å². The smallest absolute Gasteiger partial charge is 0.350 e. The van der Waals surface area contributed by atoms with Gasteiger partial charge in [0, 0.05) is 24.9 Å². The van der Waals surface area contributed by atoms with Crippen molar-refractivity contribution in [3.63, 3.8) is 0 Å². The average molecular weight is 384 g/mol. The lowest BCUT2D eigenvalue weighted by molar-refractivity contribution is -0.384. The van der Waals surface area contributed by atoms with E-state index >= 15 is 0 Å². The Hall–Kier alpha value is -2.52. The third-order valence-electron chi connectivity index (χ3n) is 3.36. The van der Waals surface area contributed by atoms with Crippen molar-refractivity contribution in [2.45, 2.75) is 13.8 Å². The van der Waals surface area contributed by atoms with Crippen LogP contribution in [0.2, 0.25) is 5.02 Å². The topological polar surface area (TPSA) is 104 Å². The highest BCUT2D eigenvalue weighted by Gasteiger charge is 2.19. The van der Waals surface area contributed by atoms with E-state index in [1.807, 2.05) is 0 Å². The Kier molecular flexibility index (Phi) is 5.70. The van der Waals surface area contributed by atoms with Crippen LogP contribution in [0.5, 0.6) is 0 Å². The summed E-state index contributed by atoms with van der Waals surface area (Å²) in [5.74, 6) is -1.23. The van der Waals surface area contributed by atoms with Crippen molar-refractivity contribution in [3.05, 3.63) is 54.3 Å². The number of non-ortho nitro benzene ring substituents is 1. The van der Waals surface area contributed by atoms with Gasteiger partial charge in [0.1, 0.15) is 4.88 Å². The first-order valence-corrected chi connectivity index (χ1v) is 8.32. The van der Waals surface area contributed by atoms with Gasteiger partial charge >= 0.3 is 5.97 Å². The minimum atomic E-state index is -0.735. The standard InChI is InChI=1S/C15H14ClN3O5S/c1-4-24-14(21)12-8(2)18(3)15(25-12)17-13(20)10-7-9(19(22)23)5-6-11(10)16/h5-7H,4H2,1-3H3. The van der Waals surface area contributed by atoms with Crippen LogP contribution in [0.25, 0.3) is 0 Å². The largest absolute Gasteiger partial charge is 0.462 e.